The summed E-state index contributed by atoms with van der Waals surface area (Å²) in [6.45, 7) is 5.90. The van der Waals surface area contributed by atoms with E-state index in [2.05, 4.69) is 10.4 Å². The molecule has 0 saturated carbocycles. The maximum absolute atomic E-state index is 13.3. The zero-order chi connectivity index (χ0) is 24.0. The van der Waals surface area contributed by atoms with Crippen LogP contribution in [-0.4, -0.2) is 60.9 Å². The minimum absolute atomic E-state index is 0.0161. The van der Waals surface area contributed by atoms with Crippen LogP contribution in [0, 0.1) is 13.8 Å². The molecular formula is C22H30N4O5S2. The fourth-order valence-electron chi connectivity index (χ4n) is 4.61. The van der Waals surface area contributed by atoms with Gasteiger partial charge < -0.3 is 5.32 Å². The summed E-state index contributed by atoms with van der Waals surface area (Å²) in [7, 11) is -6.84. The molecule has 11 heteroatoms. The minimum Gasteiger partial charge on any atom is -0.307 e. The summed E-state index contributed by atoms with van der Waals surface area (Å²) in [5, 5.41) is 7.21. The van der Waals surface area contributed by atoms with Crippen LogP contribution in [0.25, 0.3) is 0 Å². The highest BCUT2D eigenvalue weighted by Gasteiger charge is 2.33. The van der Waals surface area contributed by atoms with Crippen molar-refractivity contribution in [3.05, 3.63) is 41.1 Å². The Labute approximate surface area is 195 Å². The average Bonchev–Trinajstić information content (AvgIpc) is 3.29. The predicted octanol–water partition coefficient (Wildman–Crippen LogP) is 2.67. The average molecular weight is 495 g/mol. The molecule has 1 aromatic heterocycles. The lowest BCUT2D eigenvalue weighted by Gasteiger charge is -2.32. The number of anilines is 1. The van der Waals surface area contributed by atoms with E-state index in [4.69, 9.17) is 0 Å². The molecule has 2 aromatic rings. The number of aromatic nitrogens is 2. The van der Waals surface area contributed by atoms with E-state index in [0.29, 0.717) is 30.0 Å². The Morgan fingerprint density at radius 3 is 2.58 bits per heavy atom. The van der Waals surface area contributed by atoms with Crippen molar-refractivity contribution in [2.45, 2.75) is 63.4 Å². The number of sulfonamides is 1. The Morgan fingerprint density at radius 1 is 1.15 bits per heavy atom. The number of carbonyl (C=O) groups is 1. The number of amides is 1. The lowest BCUT2D eigenvalue weighted by molar-refractivity contribution is 0.102. The quantitative estimate of drug-likeness (QED) is 0.683. The third-order valence-corrected chi connectivity index (χ3v) is 10.2. The van der Waals surface area contributed by atoms with Crippen LogP contribution >= 0.6 is 0 Å². The highest BCUT2D eigenvalue weighted by atomic mass is 32.2. The molecule has 0 radical (unpaired) electrons. The first-order chi connectivity index (χ1) is 15.5. The van der Waals surface area contributed by atoms with Crippen molar-refractivity contribution in [3.8, 4) is 0 Å². The van der Waals surface area contributed by atoms with Gasteiger partial charge in [-0.25, -0.2) is 21.5 Å². The Balaban J connectivity index is 1.62. The number of sulfone groups is 1. The van der Waals surface area contributed by atoms with Crippen molar-refractivity contribution >= 4 is 31.6 Å². The van der Waals surface area contributed by atoms with Crippen molar-refractivity contribution in [1.82, 2.24) is 14.1 Å². The molecule has 2 fully saturated rings. The number of carbonyl (C=O) groups excluding carboxylic acids is 1. The summed E-state index contributed by atoms with van der Waals surface area (Å²) in [5.74, 6) is 0.0190. The predicted molar refractivity (Wildman–Crippen MR) is 126 cm³/mol. The van der Waals surface area contributed by atoms with Crippen LogP contribution in [0.1, 0.15) is 60.3 Å². The highest BCUT2D eigenvalue weighted by Crippen LogP contribution is 2.29. The van der Waals surface area contributed by atoms with Crippen molar-refractivity contribution in [2.75, 3.05) is 23.4 Å². The van der Waals surface area contributed by atoms with E-state index in [1.807, 2.05) is 6.92 Å². The molecule has 4 rings (SSSR count). The zero-order valence-corrected chi connectivity index (χ0v) is 20.7. The molecule has 0 bridgehead atoms. The monoisotopic (exact) mass is 494 g/mol. The highest BCUT2D eigenvalue weighted by molar-refractivity contribution is 7.91. The molecule has 2 unspecified atom stereocenters. The molecule has 2 aliphatic heterocycles. The summed E-state index contributed by atoms with van der Waals surface area (Å²) < 4.78 is 53.4. The molecule has 0 aliphatic carbocycles. The summed E-state index contributed by atoms with van der Waals surface area (Å²) in [6, 6.07) is 5.88. The Morgan fingerprint density at radius 2 is 1.91 bits per heavy atom. The van der Waals surface area contributed by atoms with E-state index in [0.717, 1.165) is 19.3 Å². The number of piperidine rings is 1. The van der Waals surface area contributed by atoms with Gasteiger partial charge in [0.1, 0.15) is 5.82 Å². The summed E-state index contributed by atoms with van der Waals surface area (Å²) in [4.78, 5) is 13.3. The van der Waals surface area contributed by atoms with Gasteiger partial charge >= 0.3 is 0 Å². The van der Waals surface area contributed by atoms with Crippen LogP contribution in [0.3, 0.4) is 0 Å². The van der Waals surface area contributed by atoms with Gasteiger partial charge in [-0.3, -0.25) is 4.79 Å². The van der Waals surface area contributed by atoms with Gasteiger partial charge in [0.25, 0.3) is 5.91 Å². The molecule has 180 valence electrons. The maximum Gasteiger partial charge on any atom is 0.257 e. The third-order valence-electron chi connectivity index (χ3n) is 6.46. The molecule has 9 nitrogen and oxygen atoms in total. The first kappa shape index (κ1) is 23.9. The van der Waals surface area contributed by atoms with E-state index < -0.39 is 25.8 Å². The Kier molecular flexibility index (Phi) is 6.41. The van der Waals surface area contributed by atoms with Crippen LogP contribution < -0.4 is 5.32 Å². The van der Waals surface area contributed by atoms with E-state index in [9.17, 15) is 21.6 Å². The molecule has 0 spiro atoms. The Bertz CT molecular complexity index is 1280. The summed E-state index contributed by atoms with van der Waals surface area (Å²) in [5.41, 5.74) is 1.55. The van der Waals surface area contributed by atoms with Crippen molar-refractivity contribution in [2.24, 2.45) is 0 Å². The second kappa shape index (κ2) is 8.84. The number of hydrogen-bond acceptors (Lipinski definition) is 6. The van der Waals surface area contributed by atoms with Crippen LogP contribution in [0.4, 0.5) is 5.82 Å². The molecule has 3 heterocycles. The second-order valence-electron chi connectivity index (χ2n) is 9.06. The van der Waals surface area contributed by atoms with Gasteiger partial charge in [0.05, 0.1) is 28.1 Å². The fourth-order valence-corrected chi connectivity index (χ4v) is 8.03. The zero-order valence-electron chi connectivity index (χ0n) is 19.1. The number of rotatable bonds is 5. The van der Waals surface area contributed by atoms with Crippen LogP contribution in [0.5, 0.6) is 0 Å². The van der Waals surface area contributed by atoms with E-state index in [-0.39, 0.29) is 34.0 Å². The van der Waals surface area contributed by atoms with Gasteiger partial charge in [0, 0.05) is 24.2 Å². The lowest BCUT2D eigenvalue weighted by atomic mass is 10.1. The standard InChI is InChI=1S/C22H30N4O5S2/c1-15-7-8-19(33(30,31)25-10-5-4-6-17(25)3)13-20(15)22(27)23-21-12-16(2)24-26(21)18-9-11-32(28,29)14-18/h7-8,12-13,17-18H,4-6,9-11,14H2,1-3H3,(H,23,27). The lowest BCUT2D eigenvalue weighted by Crippen LogP contribution is -2.42. The number of benzene rings is 1. The molecule has 2 atom stereocenters. The van der Waals surface area contributed by atoms with Crippen LogP contribution in [0.2, 0.25) is 0 Å². The first-order valence-electron chi connectivity index (χ1n) is 11.2. The van der Waals surface area contributed by atoms with Gasteiger partial charge in [-0.1, -0.05) is 12.5 Å². The van der Waals surface area contributed by atoms with Gasteiger partial charge in [0.15, 0.2) is 9.84 Å². The maximum atomic E-state index is 13.3. The summed E-state index contributed by atoms with van der Waals surface area (Å²) >= 11 is 0. The minimum atomic E-state index is -3.72. The van der Waals surface area contributed by atoms with Crippen molar-refractivity contribution in [1.29, 1.82) is 0 Å². The second-order valence-corrected chi connectivity index (χ2v) is 13.2. The first-order valence-corrected chi connectivity index (χ1v) is 14.4. The van der Waals surface area contributed by atoms with E-state index >= 15 is 0 Å². The molecule has 1 aromatic carbocycles. The molecule has 33 heavy (non-hydrogen) atoms. The third kappa shape index (κ3) is 4.85. The normalized spacial score (nSPS) is 23.5. The molecule has 2 saturated heterocycles. The molecule has 1 amide bonds. The van der Waals surface area contributed by atoms with Crippen LogP contribution in [-0.2, 0) is 19.9 Å². The van der Waals surface area contributed by atoms with Gasteiger partial charge in [-0.15, -0.1) is 0 Å². The topological polar surface area (TPSA) is 118 Å². The Hall–Kier alpha value is -2.24. The molecular weight excluding hydrogens is 464 g/mol. The number of nitrogens with one attached hydrogen (secondary N) is 1. The van der Waals surface area contributed by atoms with E-state index in [1.165, 1.54) is 10.4 Å². The van der Waals surface area contributed by atoms with Gasteiger partial charge in [-0.05, 0) is 57.7 Å². The molecule has 1 N–H and O–H groups in total. The smallest absolute Gasteiger partial charge is 0.257 e. The van der Waals surface area contributed by atoms with Crippen molar-refractivity contribution < 1.29 is 21.6 Å². The van der Waals surface area contributed by atoms with E-state index in [1.54, 1.807) is 36.7 Å². The number of hydrogen-bond donors (Lipinski definition) is 1. The van der Waals surface area contributed by atoms with Crippen molar-refractivity contribution in [3.63, 3.8) is 0 Å². The fraction of sp³-hybridized carbons (Fsp3) is 0.545. The van der Waals surface area contributed by atoms with Crippen LogP contribution in [0.15, 0.2) is 29.2 Å². The largest absolute Gasteiger partial charge is 0.307 e. The SMILES string of the molecule is Cc1cc(NC(=O)c2cc(S(=O)(=O)N3CCCCC3C)ccc2C)n(C2CCS(=O)(=O)C2)n1. The number of aryl methyl sites for hydroxylation is 2. The van der Waals surface area contributed by atoms with Gasteiger partial charge in [0.2, 0.25) is 10.0 Å². The molecule has 2 aliphatic rings. The number of nitrogens with zero attached hydrogens (tertiary/aromatic N) is 3. The summed E-state index contributed by atoms with van der Waals surface area (Å²) in [6.07, 6.45) is 3.08. The van der Waals surface area contributed by atoms with Gasteiger partial charge in [-0.2, -0.15) is 9.40 Å².